The molecule has 1 rings (SSSR count). The highest BCUT2D eigenvalue weighted by Crippen LogP contribution is 2.10. The molecule has 4 heteroatoms. The summed E-state index contributed by atoms with van der Waals surface area (Å²) < 4.78 is 4.99. The number of ether oxygens (including phenoxy) is 1. The predicted molar refractivity (Wildman–Crippen MR) is 72.7 cm³/mol. The van der Waals surface area contributed by atoms with Crippen LogP contribution >= 0.6 is 0 Å². The first-order chi connectivity index (χ1) is 8.58. The second-order valence-corrected chi connectivity index (χ2v) is 4.51. The number of hydrogen-bond acceptors (Lipinski definition) is 3. The van der Waals surface area contributed by atoms with E-state index in [2.05, 4.69) is 5.32 Å². The van der Waals surface area contributed by atoms with E-state index in [0.29, 0.717) is 18.7 Å². The minimum absolute atomic E-state index is 0.0434. The van der Waals surface area contributed by atoms with Gasteiger partial charge in [-0.3, -0.25) is 4.79 Å². The average molecular weight is 250 g/mol. The summed E-state index contributed by atoms with van der Waals surface area (Å²) in [5.41, 5.74) is 8.47. The lowest BCUT2D eigenvalue weighted by Crippen LogP contribution is -2.41. The van der Waals surface area contributed by atoms with Crippen molar-refractivity contribution in [3.05, 3.63) is 34.9 Å². The highest BCUT2D eigenvalue weighted by atomic mass is 16.5. The molecular weight excluding hydrogens is 228 g/mol. The normalized spacial score (nSPS) is 12.2. The summed E-state index contributed by atoms with van der Waals surface area (Å²) in [6.45, 7) is 4.96. The van der Waals surface area contributed by atoms with Gasteiger partial charge in [-0.1, -0.05) is 17.7 Å². The molecule has 100 valence electrons. The molecule has 0 aliphatic heterocycles. The summed E-state index contributed by atoms with van der Waals surface area (Å²) in [5, 5.41) is 2.93. The minimum atomic E-state index is -0.0703. The fraction of sp³-hybridized carbons (Fsp3) is 0.500. The number of rotatable bonds is 6. The zero-order valence-electron chi connectivity index (χ0n) is 11.3. The lowest BCUT2D eigenvalue weighted by molar-refractivity contribution is 0.0926. The Labute approximate surface area is 109 Å². The van der Waals surface area contributed by atoms with Crippen molar-refractivity contribution in [2.75, 3.05) is 20.3 Å². The maximum absolute atomic E-state index is 12.1. The molecule has 1 unspecified atom stereocenters. The number of carbonyl (C=O) groups is 1. The Hall–Kier alpha value is -1.39. The quantitative estimate of drug-likeness (QED) is 0.802. The van der Waals surface area contributed by atoms with Crippen LogP contribution in [-0.2, 0) is 4.74 Å². The van der Waals surface area contributed by atoms with Crippen molar-refractivity contribution in [1.29, 1.82) is 0 Å². The van der Waals surface area contributed by atoms with E-state index < -0.39 is 0 Å². The first-order valence-electron chi connectivity index (χ1n) is 6.15. The van der Waals surface area contributed by atoms with Gasteiger partial charge in [-0.15, -0.1) is 0 Å². The summed E-state index contributed by atoms with van der Waals surface area (Å²) in [5.74, 6) is -0.0703. The molecule has 1 aromatic rings. The van der Waals surface area contributed by atoms with Gasteiger partial charge in [0.05, 0.1) is 0 Å². The second-order valence-electron chi connectivity index (χ2n) is 4.51. The van der Waals surface area contributed by atoms with E-state index in [-0.39, 0.29) is 11.9 Å². The van der Waals surface area contributed by atoms with E-state index in [9.17, 15) is 4.79 Å². The third-order valence-corrected chi connectivity index (χ3v) is 2.92. The summed E-state index contributed by atoms with van der Waals surface area (Å²) in [6, 6.07) is 5.75. The highest BCUT2D eigenvalue weighted by molar-refractivity contribution is 5.95. The van der Waals surface area contributed by atoms with E-state index in [1.807, 2.05) is 32.0 Å². The molecule has 1 atom stereocenters. The van der Waals surface area contributed by atoms with E-state index in [1.165, 1.54) is 0 Å². The first-order valence-corrected chi connectivity index (χ1v) is 6.15. The molecule has 0 bridgehead atoms. The van der Waals surface area contributed by atoms with Gasteiger partial charge in [0.25, 0.3) is 5.91 Å². The molecule has 18 heavy (non-hydrogen) atoms. The number of hydrogen-bond donors (Lipinski definition) is 2. The van der Waals surface area contributed by atoms with Gasteiger partial charge < -0.3 is 15.8 Å². The van der Waals surface area contributed by atoms with E-state index in [0.717, 1.165) is 17.5 Å². The van der Waals surface area contributed by atoms with E-state index in [4.69, 9.17) is 10.5 Å². The molecule has 0 aliphatic rings. The van der Waals surface area contributed by atoms with Crippen LogP contribution < -0.4 is 11.1 Å². The smallest absolute Gasteiger partial charge is 0.251 e. The van der Waals surface area contributed by atoms with Crippen LogP contribution in [0.25, 0.3) is 0 Å². The van der Waals surface area contributed by atoms with E-state index in [1.54, 1.807) is 7.11 Å². The van der Waals surface area contributed by atoms with Crippen molar-refractivity contribution >= 4 is 5.91 Å². The fourth-order valence-corrected chi connectivity index (χ4v) is 1.84. The van der Waals surface area contributed by atoms with Crippen LogP contribution in [0.4, 0.5) is 0 Å². The second kappa shape index (κ2) is 7.13. The van der Waals surface area contributed by atoms with Crippen LogP contribution in [-0.4, -0.2) is 32.2 Å². The van der Waals surface area contributed by atoms with Crippen LogP contribution in [0.5, 0.6) is 0 Å². The first kappa shape index (κ1) is 14.7. The van der Waals surface area contributed by atoms with Crippen molar-refractivity contribution in [2.45, 2.75) is 26.3 Å². The number of amides is 1. The van der Waals surface area contributed by atoms with Crippen molar-refractivity contribution in [2.24, 2.45) is 5.73 Å². The summed E-state index contributed by atoms with van der Waals surface area (Å²) >= 11 is 0. The van der Waals surface area contributed by atoms with Crippen LogP contribution in [0.2, 0.25) is 0 Å². The third kappa shape index (κ3) is 4.13. The molecule has 0 saturated heterocycles. The number of carbonyl (C=O) groups excluding carboxylic acids is 1. The zero-order chi connectivity index (χ0) is 13.5. The van der Waals surface area contributed by atoms with Gasteiger partial charge in [0.15, 0.2) is 0 Å². The predicted octanol–water partition coefficient (Wildman–Crippen LogP) is 1.40. The maximum Gasteiger partial charge on any atom is 0.251 e. The highest BCUT2D eigenvalue weighted by Gasteiger charge is 2.13. The molecule has 0 saturated carbocycles. The monoisotopic (exact) mass is 250 g/mol. The van der Waals surface area contributed by atoms with Crippen LogP contribution in [0.3, 0.4) is 0 Å². The fourth-order valence-electron chi connectivity index (χ4n) is 1.84. The molecule has 3 N–H and O–H groups in total. The van der Waals surface area contributed by atoms with Crippen LogP contribution in [0.15, 0.2) is 18.2 Å². The standard InChI is InChI=1S/C14H22N2O2/c1-10-4-5-13(11(2)8-10)14(17)16-12(9-15)6-7-18-3/h4-5,8,12H,6-7,9,15H2,1-3H3,(H,16,17). The van der Waals surface area contributed by atoms with Gasteiger partial charge in [0.2, 0.25) is 0 Å². The van der Waals surface area contributed by atoms with Crippen molar-refractivity contribution < 1.29 is 9.53 Å². The van der Waals surface area contributed by atoms with Crippen molar-refractivity contribution in [3.63, 3.8) is 0 Å². The van der Waals surface area contributed by atoms with Crippen LogP contribution in [0.1, 0.15) is 27.9 Å². The third-order valence-electron chi connectivity index (χ3n) is 2.92. The number of methoxy groups -OCH3 is 1. The van der Waals surface area contributed by atoms with Gasteiger partial charge in [-0.05, 0) is 31.9 Å². The summed E-state index contributed by atoms with van der Waals surface area (Å²) in [7, 11) is 1.64. The van der Waals surface area contributed by atoms with Crippen molar-refractivity contribution in [1.82, 2.24) is 5.32 Å². The largest absolute Gasteiger partial charge is 0.385 e. The summed E-state index contributed by atoms with van der Waals surface area (Å²) in [4.78, 5) is 12.1. The Morgan fingerprint density at radius 1 is 1.44 bits per heavy atom. The van der Waals surface area contributed by atoms with Gasteiger partial charge in [-0.2, -0.15) is 0 Å². The lowest BCUT2D eigenvalue weighted by Gasteiger charge is -2.17. The zero-order valence-corrected chi connectivity index (χ0v) is 11.3. The molecule has 0 heterocycles. The molecule has 0 aliphatic carbocycles. The Kier molecular flexibility index (Phi) is 5.82. The van der Waals surface area contributed by atoms with Gasteiger partial charge >= 0.3 is 0 Å². The number of benzene rings is 1. The molecule has 4 nitrogen and oxygen atoms in total. The molecule has 1 aromatic carbocycles. The Morgan fingerprint density at radius 2 is 2.17 bits per heavy atom. The number of aryl methyl sites for hydroxylation is 2. The minimum Gasteiger partial charge on any atom is -0.385 e. The molecule has 0 radical (unpaired) electrons. The van der Waals surface area contributed by atoms with Gasteiger partial charge in [-0.25, -0.2) is 0 Å². The van der Waals surface area contributed by atoms with E-state index >= 15 is 0 Å². The van der Waals surface area contributed by atoms with Gasteiger partial charge in [0, 0.05) is 31.9 Å². The van der Waals surface area contributed by atoms with Crippen LogP contribution in [0, 0.1) is 13.8 Å². The molecule has 1 amide bonds. The maximum atomic E-state index is 12.1. The summed E-state index contributed by atoms with van der Waals surface area (Å²) in [6.07, 6.45) is 0.726. The number of nitrogens with two attached hydrogens (primary N) is 1. The topological polar surface area (TPSA) is 64.3 Å². The Morgan fingerprint density at radius 3 is 2.72 bits per heavy atom. The molecular formula is C14H22N2O2. The Balaban J connectivity index is 2.68. The SMILES string of the molecule is COCCC(CN)NC(=O)c1ccc(C)cc1C. The van der Waals surface area contributed by atoms with Gasteiger partial charge in [0.1, 0.15) is 0 Å². The number of nitrogens with one attached hydrogen (secondary N) is 1. The molecule has 0 fully saturated rings. The molecule has 0 aromatic heterocycles. The lowest BCUT2D eigenvalue weighted by atomic mass is 10.0. The van der Waals surface area contributed by atoms with Crippen molar-refractivity contribution in [3.8, 4) is 0 Å². The molecule has 0 spiro atoms. The average Bonchev–Trinajstić information content (AvgIpc) is 2.34. The Bertz CT molecular complexity index is 405.